The number of likely N-dealkylation sites (N-methyl/N-ethyl adjacent to an activating group) is 2. The molecular formula is C72H74N4O20. The number of carbonyl (C=O) groups is 8. The highest BCUT2D eigenvalue weighted by Crippen LogP contribution is 2.64. The van der Waals surface area contributed by atoms with Crippen molar-refractivity contribution < 1.29 is 91.4 Å². The molecule has 3 aliphatic carbocycles. The van der Waals surface area contributed by atoms with Gasteiger partial charge in [0.05, 0.1) is 34.5 Å². The first kappa shape index (κ1) is 68.6. The van der Waals surface area contributed by atoms with Gasteiger partial charge in [-0.05, 0) is 95.8 Å². The van der Waals surface area contributed by atoms with Crippen molar-refractivity contribution in [3.8, 4) is 22.6 Å². The molecule has 10 rings (SSSR count). The molecule has 1 aliphatic heterocycles. The Morgan fingerprint density at radius 2 is 1.32 bits per heavy atom. The highest BCUT2D eigenvalue weighted by Gasteiger charge is 2.78. The Bertz CT molecular complexity index is 3970. The molecule has 0 unspecified atom stereocenters. The summed E-state index contributed by atoms with van der Waals surface area (Å²) in [7, 11) is 2.71. The van der Waals surface area contributed by atoms with E-state index in [-0.39, 0.29) is 65.4 Å². The monoisotopic (exact) mass is 1310 g/mol. The van der Waals surface area contributed by atoms with Crippen molar-refractivity contribution >= 4 is 53.4 Å². The number of carbonyl (C=O) groups excluding carboxylic acids is 8. The molecule has 0 spiro atoms. The molecule has 3 amide bonds. The minimum Gasteiger partial charge on any atom is -0.455 e. The number of hydrogen-bond donors (Lipinski definition) is 3. The maximum atomic E-state index is 15.9. The van der Waals surface area contributed by atoms with Crippen molar-refractivity contribution in [1.29, 1.82) is 0 Å². The Morgan fingerprint density at radius 1 is 0.740 bits per heavy atom. The Balaban J connectivity index is 0.952. The van der Waals surface area contributed by atoms with E-state index in [1.54, 1.807) is 78.9 Å². The van der Waals surface area contributed by atoms with E-state index in [0.717, 1.165) is 34.8 Å². The van der Waals surface area contributed by atoms with E-state index in [0.29, 0.717) is 11.3 Å². The number of amides is 3. The second kappa shape index (κ2) is 28.0. The number of nitrogens with one attached hydrogen (secondary N) is 1. The van der Waals surface area contributed by atoms with Gasteiger partial charge in [-0.2, -0.15) is 0 Å². The number of nitrogens with zero attached hydrogens (tertiary/aromatic N) is 3. The van der Waals surface area contributed by atoms with Crippen molar-refractivity contribution in [3.05, 3.63) is 207 Å². The van der Waals surface area contributed by atoms with Gasteiger partial charge < -0.3 is 63.2 Å². The number of ketones is 1. The number of aliphatic hydroxyl groups excluding tert-OH is 1. The molecule has 6 aromatic carbocycles. The second-order valence-electron chi connectivity index (χ2n) is 25.2. The van der Waals surface area contributed by atoms with Gasteiger partial charge in [-0.1, -0.05) is 123 Å². The molecule has 6 aromatic rings. The predicted octanol–water partition coefficient (Wildman–Crippen LogP) is 9.45. The van der Waals surface area contributed by atoms with Gasteiger partial charge in [0.2, 0.25) is 11.9 Å². The number of rotatable bonds is 20. The molecule has 4 aliphatic rings. The summed E-state index contributed by atoms with van der Waals surface area (Å²) in [4.78, 5) is 129. The van der Waals surface area contributed by atoms with E-state index in [1.165, 1.54) is 84.3 Å². The first-order chi connectivity index (χ1) is 45.7. The molecule has 3 N–H and O–H groups in total. The minimum absolute atomic E-state index is 0.00460. The Kier molecular flexibility index (Phi) is 20.0. The molecule has 2 bridgehead atoms. The van der Waals surface area contributed by atoms with E-state index in [4.69, 9.17) is 37.9 Å². The molecule has 1 heterocycles. The Hall–Kier alpha value is -10.3. The minimum atomic E-state index is -2.55. The Labute approximate surface area is 553 Å². The van der Waals surface area contributed by atoms with Gasteiger partial charge in [-0.3, -0.25) is 29.3 Å². The van der Waals surface area contributed by atoms with Gasteiger partial charge >= 0.3 is 41.8 Å². The lowest BCUT2D eigenvalue weighted by atomic mass is 9.44. The molecule has 1 saturated heterocycles. The van der Waals surface area contributed by atoms with Crippen LogP contribution in [0.5, 0.6) is 11.5 Å². The normalized spacial score (nSPS) is 24.4. The topological polar surface area (TPSA) is 313 Å². The zero-order chi connectivity index (χ0) is 69.0. The summed E-state index contributed by atoms with van der Waals surface area (Å²) in [5, 5.41) is 41.4. The molecule has 24 nitrogen and oxygen atoms in total. The molecule has 0 aromatic heterocycles. The third-order valence-corrected chi connectivity index (χ3v) is 18.9. The van der Waals surface area contributed by atoms with Gasteiger partial charge in [-0.25, -0.2) is 19.2 Å². The number of Topliss-reactive ketones (excluding diaryl/α,β-unsaturated/α-hetero) is 1. The maximum Gasteiger partial charge on any atom is 0.410 e. The summed E-state index contributed by atoms with van der Waals surface area (Å²) in [6, 6.07) is 42.7. The highest BCUT2D eigenvalue weighted by molar-refractivity contribution is 5.96. The van der Waals surface area contributed by atoms with Gasteiger partial charge in [-0.15, -0.1) is 0 Å². The van der Waals surface area contributed by atoms with Crippen molar-refractivity contribution in [2.45, 2.75) is 115 Å². The van der Waals surface area contributed by atoms with Crippen molar-refractivity contribution in [1.82, 2.24) is 15.1 Å². The van der Waals surface area contributed by atoms with E-state index in [9.17, 15) is 49.1 Å². The van der Waals surface area contributed by atoms with Crippen LogP contribution in [-0.4, -0.2) is 154 Å². The zero-order valence-corrected chi connectivity index (χ0v) is 54.0. The Morgan fingerprint density at radius 3 is 1.91 bits per heavy atom. The van der Waals surface area contributed by atoms with E-state index in [2.05, 4.69) is 5.32 Å². The third kappa shape index (κ3) is 13.5. The number of nitro groups is 1. The number of hydrogen-bond acceptors (Lipinski definition) is 20. The van der Waals surface area contributed by atoms with Gasteiger partial charge in [0.15, 0.2) is 17.5 Å². The fourth-order valence-corrected chi connectivity index (χ4v) is 13.6. The second-order valence-corrected chi connectivity index (χ2v) is 25.2. The first-order valence-electron chi connectivity index (χ1n) is 31.1. The molecule has 96 heavy (non-hydrogen) atoms. The summed E-state index contributed by atoms with van der Waals surface area (Å²) < 4.78 is 48.8. The van der Waals surface area contributed by atoms with Gasteiger partial charge in [0, 0.05) is 70.9 Å². The summed E-state index contributed by atoms with van der Waals surface area (Å²) in [5.74, 6) is -7.23. The number of ether oxygens (including phenoxy) is 8. The number of fused-ring (bicyclic) bond motifs is 5. The van der Waals surface area contributed by atoms with Crippen molar-refractivity contribution in [2.24, 2.45) is 16.7 Å². The highest BCUT2D eigenvalue weighted by atomic mass is 16.6. The predicted molar refractivity (Wildman–Crippen MR) is 342 cm³/mol. The molecule has 11 atom stereocenters. The summed E-state index contributed by atoms with van der Waals surface area (Å²) in [6.45, 7) is 6.88. The fraction of sp³-hybridized carbons (Fsp3) is 0.361. The number of esters is 4. The van der Waals surface area contributed by atoms with Crippen LogP contribution in [0.3, 0.4) is 0 Å². The molecule has 0 radical (unpaired) electrons. The largest absolute Gasteiger partial charge is 0.455 e. The number of nitro benzene ring substituents is 1. The summed E-state index contributed by atoms with van der Waals surface area (Å²) in [5.41, 5.74) is -6.17. The number of benzene rings is 6. The molecule has 3 fully saturated rings. The van der Waals surface area contributed by atoms with Gasteiger partial charge in [0.1, 0.15) is 42.3 Å². The molecule has 24 heteroatoms. The van der Waals surface area contributed by atoms with Crippen LogP contribution in [-0.2, 0) is 58.9 Å². The average molecular weight is 1320 g/mol. The quantitative estimate of drug-likeness (QED) is 0.0211. The standard InChI is InChI=1S/C72H74N4O20/c1-42-54(39-72(86)63(95-65(82)50-27-19-12-20-28-50)61-70(6,55(79)38-56-71(61,41-90-56)96-44(3)78)62(80)59(91-43(2)77)57(42)69(72,4)5)93-66(83)60(58(48-23-15-10-16-24-48)73-64(81)49-25-17-11-18-26-49)94-68(85)75(8)36-35-74(7)67(84)89-40-45-29-34-52(76(87)88)53(37-45)92-51-32-30-47(31-33-51)46-21-13-9-14-22-46/h9-34,37,54-56,58-61,63,79,86H,35-36,38-41H2,1-8H3,(H,73,81)/t54-,55-,56+,58-,59+,60+,61-,63-,70+,71-,72+/m0/s1. The SMILES string of the molecule is CC(=O)O[C@H]1C(=O)[C@@]2(C)[C@H]([C@H](OC(=O)c3ccccc3)[C@]3(O)C[C@H](OC(=O)[C@H](OC(=O)N(C)CCN(C)C(=O)OCc4ccc([N+](=O)[O-])c(Oc5ccc(-c6ccccc6)cc5)c4)[C@@H](NC(=O)c4ccccc4)c4ccccc4)C(C)=C1C3(C)C)[C@]1(OC(C)=O)CO[C@@H]1C[C@@H]2O. The van der Waals surface area contributed by atoms with Crippen LogP contribution in [0.2, 0.25) is 0 Å². The molecule has 2 saturated carbocycles. The first-order valence-corrected chi connectivity index (χ1v) is 31.1. The number of aliphatic hydroxyl groups is 2. The molecule has 502 valence electrons. The van der Waals surface area contributed by atoms with Crippen LogP contribution in [0.4, 0.5) is 15.3 Å². The lowest BCUT2D eigenvalue weighted by Gasteiger charge is -2.67. The third-order valence-electron chi connectivity index (χ3n) is 18.9. The van der Waals surface area contributed by atoms with E-state index in [1.807, 2.05) is 42.5 Å². The fourth-order valence-electron chi connectivity index (χ4n) is 13.6. The van der Waals surface area contributed by atoms with Crippen LogP contribution >= 0.6 is 0 Å². The van der Waals surface area contributed by atoms with E-state index >= 15 is 9.59 Å². The van der Waals surface area contributed by atoms with Crippen LogP contribution in [0.25, 0.3) is 11.1 Å². The summed E-state index contributed by atoms with van der Waals surface area (Å²) in [6.07, 6.45) is -13.5. The molecular weight excluding hydrogens is 1240 g/mol. The maximum absolute atomic E-state index is 15.9. The van der Waals surface area contributed by atoms with Crippen LogP contribution in [0.15, 0.2) is 175 Å². The zero-order valence-electron chi connectivity index (χ0n) is 54.0. The van der Waals surface area contributed by atoms with Crippen LogP contribution in [0, 0.1) is 26.9 Å². The van der Waals surface area contributed by atoms with Crippen molar-refractivity contribution in [2.75, 3.05) is 33.8 Å². The van der Waals surface area contributed by atoms with Crippen LogP contribution < -0.4 is 10.1 Å². The van der Waals surface area contributed by atoms with E-state index < -0.39 is 136 Å². The lowest BCUT2D eigenvalue weighted by Crippen LogP contribution is -2.82. The van der Waals surface area contributed by atoms with Gasteiger partial charge in [0.25, 0.3) is 5.91 Å². The van der Waals surface area contributed by atoms with Crippen LogP contribution in [0.1, 0.15) is 92.3 Å². The van der Waals surface area contributed by atoms with Crippen molar-refractivity contribution in [3.63, 3.8) is 0 Å². The smallest absolute Gasteiger partial charge is 0.410 e. The lowest BCUT2D eigenvalue weighted by molar-refractivity contribution is -0.385. The average Bonchev–Trinajstić information content (AvgIpc) is 0.669. The summed E-state index contributed by atoms with van der Waals surface area (Å²) >= 11 is 0.